The molecule has 0 spiro atoms. The Morgan fingerprint density at radius 1 is 1.44 bits per heavy atom. The van der Waals surface area contributed by atoms with E-state index in [1.54, 1.807) is 0 Å². The zero-order valence-electron chi connectivity index (χ0n) is 10.5. The Bertz CT molecular complexity index is 433. The lowest BCUT2D eigenvalue weighted by molar-refractivity contribution is 0.309. The van der Waals surface area contributed by atoms with Crippen LogP contribution in [0.1, 0.15) is 19.3 Å². The van der Waals surface area contributed by atoms with Gasteiger partial charge in [-0.15, -0.1) is 0 Å². The molecule has 1 aromatic carbocycles. The van der Waals surface area contributed by atoms with Gasteiger partial charge in [-0.3, -0.25) is 4.90 Å². The molecule has 2 aliphatic rings. The highest BCUT2D eigenvalue weighted by molar-refractivity contribution is 6.30. The quantitative estimate of drug-likeness (QED) is 0.878. The third kappa shape index (κ3) is 2.48. The van der Waals surface area contributed by atoms with E-state index in [9.17, 15) is 0 Å². The number of nitrogens with one attached hydrogen (secondary N) is 1. The van der Waals surface area contributed by atoms with Crippen LogP contribution >= 0.6 is 11.6 Å². The SMILES string of the molecule is NCC1(Nc2cccc(Cl)c2)CCN(C2CC2)C1. The van der Waals surface area contributed by atoms with Crippen LogP contribution in [0.3, 0.4) is 0 Å². The van der Waals surface area contributed by atoms with E-state index >= 15 is 0 Å². The van der Waals surface area contributed by atoms with Gasteiger partial charge in [-0.2, -0.15) is 0 Å². The second-order valence-corrected chi connectivity index (χ2v) is 6.01. The largest absolute Gasteiger partial charge is 0.377 e. The lowest BCUT2D eigenvalue weighted by atomic mass is 9.98. The van der Waals surface area contributed by atoms with Crippen molar-refractivity contribution >= 4 is 17.3 Å². The van der Waals surface area contributed by atoms with Gasteiger partial charge in [0, 0.05) is 36.4 Å². The number of nitrogens with two attached hydrogens (primary N) is 1. The fourth-order valence-corrected chi connectivity index (χ4v) is 3.04. The maximum atomic E-state index is 6.03. The molecule has 4 heteroatoms. The number of hydrogen-bond donors (Lipinski definition) is 2. The lowest BCUT2D eigenvalue weighted by Gasteiger charge is -2.30. The molecule has 1 aliphatic carbocycles. The first-order chi connectivity index (χ1) is 8.71. The molecule has 1 aliphatic heterocycles. The van der Waals surface area contributed by atoms with Crippen LogP contribution in [-0.2, 0) is 0 Å². The molecule has 0 amide bonds. The number of anilines is 1. The molecule has 1 saturated carbocycles. The van der Waals surface area contributed by atoms with Crippen molar-refractivity contribution in [2.75, 3.05) is 25.0 Å². The van der Waals surface area contributed by atoms with Crippen molar-refractivity contribution in [3.05, 3.63) is 29.3 Å². The summed E-state index contributed by atoms with van der Waals surface area (Å²) in [6, 6.07) is 8.72. The normalized spacial score (nSPS) is 28.6. The van der Waals surface area contributed by atoms with Crippen LogP contribution in [0.15, 0.2) is 24.3 Å². The van der Waals surface area contributed by atoms with E-state index in [1.807, 2.05) is 18.2 Å². The highest BCUT2D eigenvalue weighted by Gasteiger charge is 2.42. The number of halogens is 1. The minimum absolute atomic E-state index is 0.0211. The van der Waals surface area contributed by atoms with Gasteiger partial charge in [0.05, 0.1) is 5.54 Å². The van der Waals surface area contributed by atoms with Gasteiger partial charge in [-0.05, 0) is 37.5 Å². The summed E-state index contributed by atoms with van der Waals surface area (Å²) >= 11 is 6.03. The van der Waals surface area contributed by atoms with Crippen LogP contribution in [0.5, 0.6) is 0 Å². The summed E-state index contributed by atoms with van der Waals surface area (Å²) in [5.41, 5.74) is 7.11. The molecule has 1 atom stereocenters. The Kier molecular flexibility index (Phi) is 3.22. The molecule has 3 N–H and O–H groups in total. The fourth-order valence-electron chi connectivity index (χ4n) is 2.85. The van der Waals surface area contributed by atoms with E-state index in [0.717, 1.165) is 36.3 Å². The number of likely N-dealkylation sites (tertiary alicyclic amines) is 1. The third-order valence-electron chi connectivity index (χ3n) is 4.07. The minimum atomic E-state index is 0.0211. The van der Waals surface area contributed by atoms with Gasteiger partial charge < -0.3 is 11.1 Å². The van der Waals surface area contributed by atoms with E-state index in [2.05, 4.69) is 16.3 Å². The van der Waals surface area contributed by atoms with Crippen LogP contribution < -0.4 is 11.1 Å². The Morgan fingerprint density at radius 3 is 2.94 bits per heavy atom. The summed E-state index contributed by atoms with van der Waals surface area (Å²) in [4.78, 5) is 2.57. The summed E-state index contributed by atoms with van der Waals surface area (Å²) in [5.74, 6) is 0. The first kappa shape index (κ1) is 12.3. The van der Waals surface area contributed by atoms with Crippen molar-refractivity contribution < 1.29 is 0 Å². The van der Waals surface area contributed by atoms with E-state index in [0.29, 0.717) is 6.54 Å². The van der Waals surface area contributed by atoms with Gasteiger partial charge >= 0.3 is 0 Å². The van der Waals surface area contributed by atoms with Crippen LogP contribution in [0.4, 0.5) is 5.69 Å². The van der Waals surface area contributed by atoms with Gasteiger partial charge in [0.1, 0.15) is 0 Å². The van der Waals surface area contributed by atoms with E-state index in [1.165, 1.54) is 12.8 Å². The molecule has 3 nitrogen and oxygen atoms in total. The van der Waals surface area contributed by atoms with Crippen molar-refractivity contribution in [3.8, 4) is 0 Å². The molecule has 1 heterocycles. The predicted molar refractivity (Wildman–Crippen MR) is 76.1 cm³/mol. The van der Waals surface area contributed by atoms with Gasteiger partial charge in [0.2, 0.25) is 0 Å². The number of rotatable bonds is 4. The molecule has 1 aromatic rings. The summed E-state index contributed by atoms with van der Waals surface area (Å²) in [5, 5.41) is 4.37. The Balaban J connectivity index is 1.72. The number of hydrogen-bond acceptors (Lipinski definition) is 3. The molecular formula is C14H20ClN3. The van der Waals surface area contributed by atoms with Gasteiger partial charge in [0.15, 0.2) is 0 Å². The van der Waals surface area contributed by atoms with Gasteiger partial charge in [-0.25, -0.2) is 0 Å². The zero-order valence-corrected chi connectivity index (χ0v) is 11.3. The molecular weight excluding hydrogens is 246 g/mol. The monoisotopic (exact) mass is 265 g/mol. The minimum Gasteiger partial charge on any atom is -0.377 e. The molecule has 1 unspecified atom stereocenters. The fraction of sp³-hybridized carbons (Fsp3) is 0.571. The van der Waals surface area contributed by atoms with Crippen molar-refractivity contribution in [2.24, 2.45) is 5.73 Å². The van der Waals surface area contributed by atoms with Gasteiger partial charge in [-0.1, -0.05) is 17.7 Å². The van der Waals surface area contributed by atoms with E-state index < -0.39 is 0 Å². The molecule has 0 aromatic heterocycles. The molecule has 98 valence electrons. The summed E-state index contributed by atoms with van der Waals surface area (Å²) in [6.45, 7) is 2.89. The first-order valence-corrected chi connectivity index (χ1v) is 7.06. The molecule has 3 rings (SSSR count). The Labute approximate surface area is 113 Å². The summed E-state index contributed by atoms with van der Waals surface area (Å²) in [7, 11) is 0. The summed E-state index contributed by atoms with van der Waals surface area (Å²) in [6.07, 6.45) is 3.84. The van der Waals surface area contributed by atoms with Crippen molar-refractivity contribution in [2.45, 2.75) is 30.8 Å². The average Bonchev–Trinajstić information content (AvgIpc) is 3.12. The molecule has 0 radical (unpaired) electrons. The van der Waals surface area contributed by atoms with E-state index in [4.69, 9.17) is 17.3 Å². The molecule has 18 heavy (non-hydrogen) atoms. The Hall–Kier alpha value is -0.770. The van der Waals surface area contributed by atoms with Crippen LogP contribution in [0.25, 0.3) is 0 Å². The number of nitrogens with zero attached hydrogens (tertiary/aromatic N) is 1. The number of benzene rings is 1. The van der Waals surface area contributed by atoms with Crippen molar-refractivity contribution in [1.82, 2.24) is 4.90 Å². The standard InChI is InChI=1S/C14H20ClN3/c15-11-2-1-3-12(8-11)17-14(9-16)6-7-18(10-14)13-4-5-13/h1-3,8,13,17H,4-7,9-10,16H2. The van der Waals surface area contributed by atoms with Crippen LogP contribution in [-0.4, -0.2) is 36.1 Å². The summed E-state index contributed by atoms with van der Waals surface area (Å²) < 4.78 is 0. The second kappa shape index (κ2) is 4.72. The van der Waals surface area contributed by atoms with Crippen molar-refractivity contribution in [1.29, 1.82) is 0 Å². The van der Waals surface area contributed by atoms with Crippen LogP contribution in [0.2, 0.25) is 5.02 Å². The second-order valence-electron chi connectivity index (χ2n) is 5.57. The smallest absolute Gasteiger partial charge is 0.0634 e. The van der Waals surface area contributed by atoms with Gasteiger partial charge in [0.25, 0.3) is 0 Å². The molecule has 0 bridgehead atoms. The maximum absolute atomic E-state index is 6.03. The van der Waals surface area contributed by atoms with E-state index in [-0.39, 0.29) is 5.54 Å². The average molecular weight is 266 g/mol. The molecule has 2 fully saturated rings. The van der Waals surface area contributed by atoms with Crippen LogP contribution in [0, 0.1) is 0 Å². The topological polar surface area (TPSA) is 41.3 Å². The highest BCUT2D eigenvalue weighted by atomic mass is 35.5. The third-order valence-corrected chi connectivity index (χ3v) is 4.31. The predicted octanol–water partition coefficient (Wildman–Crippen LogP) is 2.32. The first-order valence-electron chi connectivity index (χ1n) is 6.69. The maximum Gasteiger partial charge on any atom is 0.0634 e. The zero-order chi connectivity index (χ0) is 12.6. The Morgan fingerprint density at radius 2 is 2.28 bits per heavy atom. The lowest BCUT2D eigenvalue weighted by Crippen LogP contribution is -2.48. The highest BCUT2D eigenvalue weighted by Crippen LogP contribution is 2.34. The van der Waals surface area contributed by atoms with Crippen molar-refractivity contribution in [3.63, 3.8) is 0 Å². The molecule has 1 saturated heterocycles.